The van der Waals surface area contributed by atoms with Gasteiger partial charge in [0.05, 0.1) is 0 Å². The largest absolute Gasteiger partial charge is 0.455 e. The summed E-state index contributed by atoms with van der Waals surface area (Å²) in [6, 6.07) is 72.3. The molecule has 0 atom stereocenters. The van der Waals surface area contributed by atoms with Crippen LogP contribution in [0.25, 0.3) is 88.6 Å². The molecule has 0 bridgehead atoms. The van der Waals surface area contributed by atoms with Crippen molar-refractivity contribution in [3.63, 3.8) is 0 Å². The zero-order valence-corrected chi connectivity index (χ0v) is 30.8. The van der Waals surface area contributed by atoms with Gasteiger partial charge >= 0.3 is 0 Å². The number of fused-ring (bicyclic) bond motifs is 5. The van der Waals surface area contributed by atoms with Crippen molar-refractivity contribution in [1.82, 2.24) is 4.98 Å². The van der Waals surface area contributed by atoms with Crippen LogP contribution in [0, 0.1) is 0 Å². The Labute approximate surface area is 329 Å². The number of benzene rings is 9. The summed E-state index contributed by atoms with van der Waals surface area (Å²) in [5.41, 5.74) is 14.2. The maximum Gasteiger partial charge on any atom is 0.227 e. The third kappa shape index (κ3) is 5.83. The quantitative estimate of drug-likeness (QED) is 0.164. The molecule has 0 fully saturated rings. The second kappa shape index (κ2) is 13.6. The third-order valence-electron chi connectivity index (χ3n) is 10.9. The Hall–Kier alpha value is -7.69. The smallest absolute Gasteiger partial charge is 0.227 e. The molecule has 57 heavy (non-hydrogen) atoms. The van der Waals surface area contributed by atoms with Crippen LogP contribution in [0.15, 0.2) is 215 Å². The highest BCUT2D eigenvalue weighted by molar-refractivity contribution is 6.18. The molecule has 0 spiro atoms. The van der Waals surface area contributed by atoms with E-state index in [0.29, 0.717) is 5.89 Å². The average molecular weight is 731 g/mol. The number of nitrogens with zero attached hydrogens (tertiary/aromatic N) is 2. The van der Waals surface area contributed by atoms with Crippen LogP contribution in [0.3, 0.4) is 0 Å². The summed E-state index contributed by atoms with van der Waals surface area (Å²) in [6.45, 7) is 0. The van der Waals surface area contributed by atoms with Crippen LogP contribution < -0.4 is 4.90 Å². The molecule has 11 aromatic rings. The minimum Gasteiger partial charge on any atom is -0.455 e. The van der Waals surface area contributed by atoms with E-state index in [4.69, 9.17) is 13.8 Å². The summed E-state index contributed by atoms with van der Waals surface area (Å²) in [6.07, 6.45) is 0. The number of para-hydroxylation sites is 2. The average Bonchev–Trinajstić information content (AvgIpc) is 3.88. The van der Waals surface area contributed by atoms with Crippen LogP contribution >= 0.6 is 0 Å². The molecule has 4 heteroatoms. The normalized spacial score (nSPS) is 11.5. The Morgan fingerprint density at radius 1 is 0.351 bits per heavy atom. The Morgan fingerprint density at radius 3 is 1.56 bits per heavy atom. The van der Waals surface area contributed by atoms with E-state index in [1.807, 2.05) is 24.3 Å². The van der Waals surface area contributed by atoms with Crippen molar-refractivity contribution in [3.05, 3.63) is 206 Å². The summed E-state index contributed by atoms with van der Waals surface area (Å²) in [7, 11) is 0. The van der Waals surface area contributed by atoms with Crippen molar-refractivity contribution in [2.45, 2.75) is 0 Å². The van der Waals surface area contributed by atoms with Crippen LogP contribution in [0.2, 0.25) is 0 Å². The molecule has 2 aromatic heterocycles. The zero-order chi connectivity index (χ0) is 37.7. The van der Waals surface area contributed by atoms with E-state index in [1.165, 1.54) is 22.3 Å². The van der Waals surface area contributed by atoms with Crippen molar-refractivity contribution < 1.29 is 8.83 Å². The van der Waals surface area contributed by atoms with Gasteiger partial charge in [-0.3, -0.25) is 0 Å². The number of anilines is 3. The first-order chi connectivity index (χ1) is 28.2. The Morgan fingerprint density at radius 2 is 0.895 bits per heavy atom. The molecule has 0 saturated carbocycles. The van der Waals surface area contributed by atoms with Gasteiger partial charge in [-0.2, -0.15) is 0 Å². The van der Waals surface area contributed by atoms with Gasteiger partial charge in [0.1, 0.15) is 16.7 Å². The van der Waals surface area contributed by atoms with Gasteiger partial charge in [0.2, 0.25) is 5.89 Å². The number of oxazole rings is 1. The molecule has 2 heterocycles. The topological polar surface area (TPSA) is 42.4 Å². The van der Waals surface area contributed by atoms with Crippen molar-refractivity contribution in [2.75, 3.05) is 4.90 Å². The van der Waals surface area contributed by atoms with Crippen LogP contribution in [-0.4, -0.2) is 4.98 Å². The molecule has 0 saturated heterocycles. The minimum atomic E-state index is 0.607. The number of hydrogen-bond donors (Lipinski definition) is 0. The summed E-state index contributed by atoms with van der Waals surface area (Å²) in [5, 5.41) is 4.45. The van der Waals surface area contributed by atoms with Crippen molar-refractivity contribution in [2.24, 2.45) is 0 Å². The fourth-order valence-corrected chi connectivity index (χ4v) is 8.08. The van der Waals surface area contributed by atoms with Crippen molar-refractivity contribution >= 4 is 60.9 Å². The second-order valence-electron chi connectivity index (χ2n) is 14.4. The van der Waals surface area contributed by atoms with Gasteiger partial charge in [0.15, 0.2) is 5.58 Å². The van der Waals surface area contributed by atoms with E-state index in [-0.39, 0.29) is 0 Å². The summed E-state index contributed by atoms with van der Waals surface area (Å²) < 4.78 is 13.1. The van der Waals surface area contributed by atoms with Crippen LogP contribution in [-0.2, 0) is 0 Å². The second-order valence-corrected chi connectivity index (χ2v) is 14.4. The molecular formula is C53H34N2O2. The highest BCUT2D eigenvalue weighted by Gasteiger charge is 2.20. The molecule has 0 amide bonds. The Bertz CT molecular complexity index is 3080. The van der Waals surface area contributed by atoms with Gasteiger partial charge in [0, 0.05) is 45.0 Å². The van der Waals surface area contributed by atoms with E-state index >= 15 is 0 Å². The van der Waals surface area contributed by atoms with Gasteiger partial charge in [-0.05, 0) is 105 Å². The molecule has 268 valence electrons. The SMILES string of the molecule is c1ccc(-c2ccc(N(c3ccc(-c4ccccc4)cc3)c3ccc4c(c3)oc3c(-c5ccc(-c6nc7ccccc7o6)cc5)c5ccccc5cc34)cc2)cc1. The molecule has 0 unspecified atom stereocenters. The number of rotatable bonds is 7. The monoisotopic (exact) mass is 730 g/mol. The molecule has 0 N–H and O–H groups in total. The minimum absolute atomic E-state index is 0.607. The maximum atomic E-state index is 6.96. The highest BCUT2D eigenvalue weighted by Crippen LogP contribution is 2.44. The van der Waals surface area contributed by atoms with E-state index in [0.717, 1.165) is 77.6 Å². The molecule has 11 rings (SSSR count). The molecule has 0 aliphatic heterocycles. The van der Waals surface area contributed by atoms with Crippen LogP contribution in [0.5, 0.6) is 0 Å². The highest BCUT2D eigenvalue weighted by atomic mass is 16.3. The summed E-state index contributed by atoms with van der Waals surface area (Å²) in [5.74, 6) is 0.607. The molecule has 0 aliphatic carbocycles. The molecule has 4 nitrogen and oxygen atoms in total. The summed E-state index contributed by atoms with van der Waals surface area (Å²) in [4.78, 5) is 7.03. The maximum absolute atomic E-state index is 6.96. The van der Waals surface area contributed by atoms with E-state index in [9.17, 15) is 0 Å². The standard InChI is InChI=1S/C53H34N2O2/c1-3-11-35(12-4-1)37-23-27-42(28-24-37)55(43-29-25-38(26-30-43)36-13-5-2-6-14-36)44-31-32-46-47-33-41-15-7-8-16-45(41)51(52(47)56-50(46)34-44)39-19-21-40(22-20-39)53-54-48-17-9-10-18-49(48)57-53/h1-34H. The molecule has 0 aliphatic rings. The third-order valence-corrected chi connectivity index (χ3v) is 10.9. The Balaban J connectivity index is 1.04. The first-order valence-electron chi connectivity index (χ1n) is 19.2. The van der Waals surface area contributed by atoms with Gasteiger partial charge in [0.25, 0.3) is 0 Å². The van der Waals surface area contributed by atoms with Crippen molar-refractivity contribution in [1.29, 1.82) is 0 Å². The predicted molar refractivity (Wildman–Crippen MR) is 235 cm³/mol. The molecule has 0 radical (unpaired) electrons. The van der Waals surface area contributed by atoms with E-state index in [2.05, 4.69) is 187 Å². The lowest BCUT2D eigenvalue weighted by Crippen LogP contribution is -2.09. The van der Waals surface area contributed by atoms with Gasteiger partial charge in [-0.25, -0.2) is 4.98 Å². The first kappa shape index (κ1) is 32.7. The molecule has 9 aromatic carbocycles. The van der Waals surface area contributed by atoms with Gasteiger partial charge in [-0.15, -0.1) is 0 Å². The lowest BCUT2D eigenvalue weighted by atomic mass is 9.94. The lowest BCUT2D eigenvalue weighted by Gasteiger charge is -2.26. The predicted octanol–water partition coefficient (Wildman–Crippen LogP) is 15.0. The van der Waals surface area contributed by atoms with E-state index in [1.54, 1.807) is 0 Å². The van der Waals surface area contributed by atoms with Gasteiger partial charge < -0.3 is 13.7 Å². The van der Waals surface area contributed by atoms with Crippen LogP contribution in [0.4, 0.5) is 17.1 Å². The molecular weight excluding hydrogens is 697 g/mol. The van der Waals surface area contributed by atoms with Crippen molar-refractivity contribution in [3.8, 4) is 44.8 Å². The van der Waals surface area contributed by atoms with E-state index < -0.39 is 0 Å². The fraction of sp³-hybridized carbons (Fsp3) is 0. The zero-order valence-electron chi connectivity index (χ0n) is 30.8. The summed E-state index contributed by atoms with van der Waals surface area (Å²) >= 11 is 0. The first-order valence-corrected chi connectivity index (χ1v) is 19.2. The Kier molecular flexibility index (Phi) is 7.78. The van der Waals surface area contributed by atoms with Crippen LogP contribution in [0.1, 0.15) is 0 Å². The number of aromatic nitrogens is 1. The fourth-order valence-electron chi connectivity index (χ4n) is 8.08. The number of hydrogen-bond acceptors (Lipinski definition) is 4. The van der Waals surface area contributed by atoms with Gasteiger partial charge in [-0.1, -0.05) is 133 Å². The number of furan rings is 1. The lowest BCUT2D eigenvalue weighted by molar-refractivity contribution is 0.620.